The quantitative estimate of drug-likeness (QED) is 0.374. The van der Waals surface area contributed by atoms with Crippen LogP contribution in [0, 0.1) is 0 Å². The van der Waals surface area contributed by atoms with Gasteiger partial charge in [-0.15, -0.1) is 0 Å². The average molecular weight is 279 g/mol. The van der Waals surface area contributed by atoms with Gasteiger partial charge in [0.1, 0.15) is 6.04 Å². The Kier molecular flexibility index (Phi) is 6.86. The highest BCUT2D eigenvalue weighted by molar-refractivity contribution is 5.98. The maximum Gasteiger partial charge on any atom is 0.345 e. The minimum absolute atomic E-state index is 0.296. The Morgan fingerprint density at radius 2 is 1.75 bits per heavy atom. The minimum atomic E-state index is -0.797. The number of nitrogens with two attached hydrogens (primary N) is 3. The summed E-state index contributed by atoms with van der Waals surface area (Å²) in [6.07, 6.45) is 1.97. The van der Waals surface area contributed by atoms with E-state index in [4.69, 9.17) is 21.9 Å². The lowest BCUT2D eigenvalue weighted by atomic mass is 10.1. The molecule has 0 spiro atoms. The van der Waals surface area contributed by atoms with Crippen molar-refractivity contribution in [1.82, 2.24) is 0 Å². The summed E-state index contributed by atoms with van der Waals surface area (Å²) in [5.41, 5.74) is 17.6. The van der Waals surface area contributed by atoms with Crippen molar-refractivity contribution in [2.75, 3.05) is 6.54 Å². The second-order valence-electron chi connectivity index (χ2n) is 4.50. The molecular formula is C14H21N3O3. The van der Waals surface area contributed by atoms with Gasteiger partial charge in [0.05, 0.1) is 5.56 Å². The van der Waals surface area contributed by atoms with Crippen molar-refractivity contribution in [3.05, 3.63) is 35.4 Å². The summed E-state index contributed by atoms with van der Waals surface area (Å²) in [5.74, 6) is -1.41. The first kappa shape index (κ1) is 16.3. The van der Waals surface area contributed by atoms with Crippen molar-refractivity contribution >= 4 is 11.9 Å². The van der Waals surface area contributed by atoms with Crippen LogP contribution >= 0.6 is 0 Å². The van der Waals surface area contributed by atoms with Gasteiger partial charge >= 0.3 is 11.9 Å². The summed E-state index contributed by atoms with van der Waals surface area (Å²) in [4.78, 5) is 23.4. The lowest BCUT2D eigenvalue weighted by Gasteiger charge is -2.10. The highest BCUT2D eigenvalue weighted by atomic mass is 16.6. The summed E-state index contributed by atoms with van der Waals surface area (Å²) in [5, 5.41) is 0. The fourth-order valence-corrected chi connectivity index (χ4v) is 1.63. The number of rotatable bonds is 7. The Bertz CT molecular complexity index is 445. The zero-order valence-corrected chi connectivity index (χ0v) is 11.4. The fraction of sp³-hybridized carbons (Fsp3) is 0.429. The van der Waals surface area contributed by atoms with Gasteiger partial charge in [-0.1, -0.05) is 18.6 Å². The van der Waals surface area contributed by atoms with Crippen LogP contribution in [0.5, 0.6) is 0 Å². The smallest absolute Gasteiger partial charge is 0.345 e. The van der Waals surface area contributed by atoms with Crippen LogP contribution in [0.25, 0.3) is 0 Å². The zero-order chi connectivity index (χ0) is 15.0. The van der Waals surface area contributed by atoms with Crippen molar-refractivity contribution in [3.8, 4) is 0 Å². The molecule has 0 unspecified atom stereocenters. The van der Waals surface area contributed by atoms with E-state index in [-0.39, 0.29) is 0 Å². The largest absolute Gasteiger partial charge is 0.388 e. The number of unbranched alkanes of at least 4 members (excludes halogenated alkanes) is 1. The molecule has 0 heterocycles. The Balaban J connectivity index is 2.49. The van der Waals surface area contributed by atoms with Crippen LogP contribution in [0.2, 0.25) is 0 Å². The SMILES string of the molecule is NCCCC[C@H](N)C(=O)OC(=O)c1ccc(CN)cc1. The van der Waals surface area contributed by atoms with Crippen LogP contribution < -0.4 is 17.2 Å². The van der Waals surface area contributed by atoms with Crippen LogP contribution in [0.1, 0.15) is 35.2 Å². The van der Waals surface area contributed by atoms with Gasteiger partial charge in [-0.05, 0) is 37.1 Å². The molecule has 6 heteroatoms. The van der Waals surface area contributed by atoms with Gasteiger partial charge in [-0.2, -0.15) is 0 Å². The number of esters is 2. The molecule has 0 bridgehead atoms. The number of ether oxygens (including phenoxy) is 1. The number of carbonyl (C=O) groups is 2. The first-order chi connectivity index (χ1) is 9.58. The zero-order valence-electron chi connectivity index (χ0n) is 11.4. The second kappa shape index (κ2) is 8.42. The third kappa shape index (κ3) is 5.08. The molecule has 0 aliphatic carbocycles. The molecule has 0 aliphatic rings. The van der Waals surface area contributed by atoms with Crippen molar-refractivity contribution in [2.45, 2.75) is 31.8 Å². The third-order valence-electron chi connectivity index (χ3n) is 2.89. The van der Waals surface area contributed by atoms with E-state index in [2.05, 4.69) is 0 Å². The topological polar surface area (TPSA) is 121 Å². The first-order valence-corrected chi connectivity index (χ1v) is 6.59. The Morgan fingerprint density at radius 3 is 2.30 bits per heavy atom. The lowest BCUT2D eigenvalue weighted by Crippen LogP contribution is -2.33. The first-order valence-electron chi connectivity index (χ1n) is 6.59. The molecular weight excluding hydrogens is 258 g/mol. The monoisotopic (exact) mass is 279 g/mol. The Hall–Kier alpha value is -1.76. The molecule has 0 radical (unpaired) electrons. The van der Waals surface area contributed by atoms with Crippen LogP contribution in [0.4, 0.5) is 0 Å². The van der Waals surface area contributed by atoms with E-state index in [0.717, 1.165) is 18.4 Å². The van der Waals surface area contributed by atoms with E-state index in [1.807, 2.05) is 0 Å². The normalized spacial score (nSPS) is 11.9. The molecule has 0 saturated heterocycles. The molecule has 20 heavy (non-hydrogen) atoms. The molecule has 1 aromatic carbocycles. The highest BCUT2D eigenvalue weighted by Gasteiger charge is 2.19. The van der Waals surface area contributed by atoms with E-state index in [1.165, 1.54) is 0 Å². The third-order valence-corrected chi connectivity index (χ3v) is 2.89. The number of benzene rings is 1. The molecule has 110 valence electrons. The number of hydrogen-bond acceptors (Lipinski definition) is 6. The molecule has 1 rings (SSSR count). The molecule has 0 saturated carbocycles. The summed E-state index contributed by atoms with van der Waals surface area (Å²) >= 11 is 0. The van der Waals surface area contributed by atoms with Crippen molar-refractivity contribution in [3.63, 3.8) is 0 Å². The maximum atomic E-state index is 11.7. The summed E-state index contributed by atoms with van der Waals surface area (Å²) < 4.78 is 4.74. The minimum Gasteiger partial charge on any atom is -0.388 e. The van der Waals surface area contributed by atoms with Gasteiger partial charge < -0.3 is 21.9 Å². The van der Waals surface area contributed by atoms with Crippen molar-refractivity contribution in [2.24, 2.45) is 17.2 Å². The lowest BCUT2D eigenvalue weighted by molar-refractivity contribution is -0.139. The Morgan fingerprint density at radius 1 is 1.10 bits per heavy atom. The predicted octanol–water partition coefficient (Wildman–Crippen LogP) is 0.285. The van der Waals surface area contributed by atoms with Gasteiger partial charge in [0, 0.05) is 6.54 Å². The van der Waals surface area contributed by atoms with Gasteiger partial charge in [0.2, 0.25) is 0 Å². The summed E-state index contributed by atoms with van der Waals surface area (Å²) in [7, 11) is 0. The molecule has 0 aromatic heterocycles. The molecule has 6 N–H and O–H groups in total. The highest BCUT2D eigenvalue weighted by Crippen LogP contribution is 2.07. The van der Waals surface area contributed by atoms with Crippen molar-refractivity contribution < 1.29 is 14.3 Å². The van der Waals surface area contributed by atoms with Crippen LogP contribution in [0.15, 0.2) is 24.3 Å². The average Bonchev–Trinajstić information content (AvgIpc) is 2.47. The van der Waals surface area contributed by atoms with Crippen LogP contribution in [-0.4, -0.2) is 24.5 Å². The standard InChI is InChI=1S/C14H21N3O3/c15-8-2-1-3-12(17)14(19)20-13(18)11-6-4-10(9-16)5-7-11/h4-7,12H,1-3,8-9,15-17H2/t12-/m0/s1. The maximum absolute atomic E-state index is 11.7. The summed E-state index contributed by atoms with van der Waals surface area (Å²) in [6.45, 7) is 0.939. The van der Waals surface area contributed by atoms with Crippen LogP contribution in [0.3, 0.4) is 0 Å². The van der Waals surface area contributed by atoms with Gasteiger partial charge in [0.25, 0.3) is 0 Å². The second-order valence-corrected chi connectivity index (χ2v) is 4.50. The van der Waals surface area contributed by atoms with E-state index in [0.29, 0.717) is 25.1 Å². The number of carbonyl (C=O) groups excluding carboxylic acids is 2. The van der Waals surface area contributed by atoms with E-state index >= 15 is 0 Å². The van der Waals surface area contributed by atoms with Gasteiger partial charge in [-0.3, -0.25) is 0 Å². The predicted molar refractivity (Wildman–Crippen MR) is 75.6 cm³/mol. The van der Waals surface area contributed by atoms with Gasteiger partial charge in [0.15, 0.2) is 0 Å². The van der Waals surface area contributed by atoms with Crippen molar-refractivity contribution in [1.29, 1.82) is 0 Å². The molecule has 1 atom stereocenters. The van der Waals surface area contributed by atoms with E-state index in [1.54, 1.807) is 24.3 Å². The molecule has 0 aliphatic heterocycles. The summed E-state index contributed by atoms with van der Waals surface area (Å²) in [6, 6.07) is 5.76. The molecule has 0 fully saturated rings. The molecule has 0 amide bonds. The number of hydrogen-bond donors (Lipinski definition) is 3. The van der Waals surface area contributed by atoms with E-state index < -0.39 is 18.0 Å². The van der Waals surface area contributed by atoms with E-state index in [9.17, 15) is 9.59 Å². The van der Waals surface area contributed by atoms with Gasteiger partial charge in [-0.25, -0.2) is 9.59 Å². The van der Waals surface area contributed by atoms with Crippen LogP contribution in [-0.2, 0) is 16.1 Å². The molecule has 6 nitrogen and oxygen atoms in total. The Labute approximate surface area is 118 Å². The molecule has 1 aromatic rings. The fourth-order valence-electron chi connectivity index (χ4n) is 1.63.